The van der Waals surface area contributed by atoms with Gasteiger partial charge in [0.2, 0.25) is 5.91 Å². The molecule has 4 rings (SSSR count). The molecule has 0 fully saturated rings. The molecule has 0 aliphatic rings. The number of amides is 1. The predicted molar refractivity (Wildman–Crippen MR) is 134 cm³/mol. The quantitative estimate of drug-likeness (QED) is 0.303. The van der Waals surface area contributed by atoms with Gasteiger partial charge >= 0.3 is 0 Å². The highest BCUT2D eigenvalue weighted by molar-refractivity contribution is 7.99. The van der Waals surface area contributed by atoms with Crippen LogP contribution in [0.15, 0.2) is 71.9 Å². The smallest absolute Gasteiger partial charge is 0.234 e. The van der Waals surface area contributed by atoms with Crippen LogP contribution in [0.1, 0.15) is 5.56 Å². The molecule has 0 spiro atoms. The van der Waals surface area contributed by atoms with E-state index >= 15 is 0 Å². The maximum Gasteiger partial charge on any atom is 0.234 e. The molecule has 1 aromatic heterocycles. The van der Waals surface area contributed by atoms with Crippen molar-refractivity contribution in [3.05, 3.63) is 82.3 Å². The Kier molecular flexibility index (Phi) is 7.23. The number of para-hydroxylation sites is 1. The second-order valence-electron chi connectivity index (χ2n) is 7.14. The number of nitrogens with one attached hydrogen (secondary N) is 1. The third-order valence-electron chi connectivity index (χ3n) is 4.80. The molecule has 0 unspecified atom stereocenters. The first-order valence-corrected chi connectivity index (χ1v) is 11.7. The second-order valence-corrected chi connectivity index (χ2v) is 8.90. The Bertz CT molecular complexity index is 1270. The zero-order chi connectivity index (χ0) is 23.4. The average molecular weight is 499 g/mol. The molecule has 3 aromatic carbocycles. The molecule has 0 saturated heterocycles. The summed E-state index contributed by atoms with van der Waals surface area (Å²) in [5, 5.41) is 12.9. The van der Waals surface area contributed by atoms with Crippen molar-refractivity contribution in [2.45, 2.75) is 12.1 Å². The van der Waals surface area contributed by atoms with E-state index in [0.29, 0.717) is 26.7 Å². The summed E-state index contributed by atoms with van der Waals surface area (Å²) in [6.45, 7) is 2.03. The summed E-state index contributed by atoms with van der Waals surface area (Å²) in [5.41, 5.74) is 3.29. The van der Waals surface area contributed by atoms with E-state index in [1.54, 1.807) is 25.3 Å². The van der Waals surface area contributed by atoms with Gasteiger partial charge < -0.3 is 10.1 Å². The van der Waals surface area contributed by atoms with E-state index < -0.39 is 0 Å². The Morgan fingerprint density at radius 3 is 2.39 bits per heavy atom. The molecule has 0 atom stereocenters. The molecule has 1 amide bonds. The van der Waals surface area contributed by atoms with Crippen LogP contribution < -0.4 is 10.1 Å². The van der Waals surface area contributed by atoms with Gasteiger partial charge in [-0.1, -0.05) is 64.8 Å². The van der Waals surface area contributed by atoms with Gasteiger partial charge in [-0.3, -0.25) is 9.36 Å². The van der Waals surface area contributed by atoms with Gasteiger partial charge in [-0.05, 0) is 49.4 Å². The van der Waals surface area contributed by atoms with Gasteiger partial charge in [0, 0.05) is 11.3 Å². The lowest BCUT2D eigenvalue weighted by molar-refractivity contribution is -0.113. The molecule has 6 nitrogen and oxygen atoms in total. The number of anilines is 1. The molecular weight excluding hydrogens is 479 g/mol. The number of carbonyl (C=O) groups excluding carboxylic acids is 1. The number of hydrogen-bond donors (Lipinski definition) is 1. The molecular formula is C24H20Cl2N4O2S. The molecule has 168 valence electrons. The summed E-state index contributed by atoms with van der Waals surface area (Å²) in [7, 11) is 1.62. The lowest BCUT2D eigenvalue weighted by atomic mass is 10.1. The fourth-order valence-electron chi connectivity index (χ4n) is 3.22. The van der Waals surface area contributed by atoms with Crippen LogP contribution in [0.5, 0.6) is 5.75 Å². The van der Waals surface area contributed by atoms with Crippen LogP contribution >= 0.6 is 35.0 Å². The third kappa shape index (κ3) is 5.33. The van der Waals surface area contributed by atoms with Crippen LogP contribution in [-0.2, 0) is 4.79 Å². The number of thioether (sulfide) groups is 1. The number of aromatic nitrogens is 3. The van der Waals surface area contributed by atoms with Gasteiger partial charge in [-0.2, -0.15) is 0 Å². The lowest BCUT2D eigenvalue weighted by Gasteiger charge is -2.12. The first-order chi connectivity index (χ1) is 16.0. The van der Waals surface area contributed by atoms with Crippen molar-refractivity contribution in [2.24, 2.45) is 0 Å². The lowest BCUT2D eigenvalue weighted by Crippen LogP contribution is -2.15. The number of benzene rings is 3. The van der Waals surface area contributed by atoms with Crippen LogP contribution in [-0.4, -0.2) is 33.5 Å². The van der Waals surface area contributed by atoms with Crippen LogP contribution in [0.25, 0.3) is 17.1 Å². The average Bonchev–Trinajstić information content (AvgIpc) is 3.24. The van der Waals surface area contributed by atoms with Crippen LogP contribution in [0.4, 0.5) is 5.69 Å². The molecule has 1 N–H and O–H groups in total. The molecule has 33 heavy (non-hydrogen) atoms. The van der Waals surface area contributed by atoms with Crippen LogP contribution in [0.2, 0.25) is 10.0 Å². The monoisotopic (exact) mass is 498 g/mol. The Morgan fingerprint density at radius 2 is 1.73 bits per heavy atom. The maximum absolute atomic E-state index is 12.6. The van der Waals surface area contributed by atoms with Crippen molar-refractivity contribution >= 4 is 46.6 Å². The molecule has 1 heterocycles. The number of halogens is 2. The van der Waals surface area contributed by atoms with Gasteiger partial charge in [-0.25, -0.2) is 0 Å². The SMILES string of the molecule is COc1ccc(-n2c(SCC(=O)Nc3c(Cl)cccc3Cl)nnc2-c2cccc(C)c2)cc1. The largest absolute Gasteiger partial charge is 0.497 e. The number of ether oxygens (including phenoxy) is 1. The minimum absolute atomic E-state index is 0.101. The van der Waals surface area contributed by atoms with Crippen molar-refractivity contribution < 1.29 is 9.53 Å². The maximum atomic E-state index is 12.6. The Morgan fingerprint density at radius 1 is 1.03 bits per heavy atom. The third-order valence-corrected chi connectivity index (χ3v) is 6.36. The standard InChI is InChI=1S/C24H20Cl2N4O2S/c1-15-5-3-6-16(13-15)23-28-29-24(30(23)17-9-11-18(32-2)12-10-17)33-14-21(31)27-22-19(25)7-4-8-20(22)26/h3-13H,14H2,1-2H3,(H,27,31). The van der Waals surface area contributed by atoms with Gasteiger partial charge in [0.05, 0.1) is 28.6 Å². The van der Waals surface area contributed by atoms with E-state index in [9.17, 15) is 4.79 Å². The van der Waals surface area contributed by atoms with Gasteiger partial charge in [0.25, 0.3) is 0 Å². The van der Waals surface area contributed by atoms with Crippen molar-refractivity contribution in [1.82, 2.24) is 14.8 Å². The summed E-state index contributed by atoms with van der Waals surface area (Å²) in [4.78, 5) is 12.6. The number of methoxy groups -OCH3 is 1. The minimum atomic E-state index is -0.253. The normalized spacial score (nSPS) is 10.8. The first-order valence-electron chi connectivity index (χ1n) is 10.00. The molecule has 0 aliphatic heterocycles. The van der Waals surface area contributed by atoms with E-state index in [0.717, 1.165) is 22.6 Å². The summed E-state index contributed by atoms with van der Waals surface area (Å²) >= 11 is 13.6. The molecule has 0 radical (unpaired) electrons. The van der Waals surface area contributed by atoms with E-state index in [1.165, 1.54) is 11.8 Å². The van der Waals surface area contributed by atoms with Crippen molar-refractivity contribution in [3.63, 3.8) is 0 Å². The van der Waals surface area contributed by atoms with E-state index in [4.69, 9.17) is 27.9 Å². The van der Waals surface area contributed by atoms with Crippen molar-refractivity contribution in [2.75, 3.05) is 18.2 Å². The number of rotatable bonds is 7. The topological polar surface area (TPSA) is 69.0 Å². The van der Waals surface area contributed by atoms with Gasteiger partial charge in [0.15, 0.2) is 11.0 Å². The van der Waals surface area contributed by atoms with E-state index in [-0.39, 0.29) is 11.7 Å². The Hall–Kier alpha value is -3.00. The molecule has 0 bridgehead atoms. The molecule has 9 heteroatoms. The summed E-state index contributed by atoms with van der Waals surface area (Å²) in [5.74, 6) is 1.27. The van der Waals surface area contributed by atoms with Gasteiger partial charge in [0.1, 0.15) is 5.75 Å². The zero-order valence-electron chi connectivity index (χ0n) is 17.9. The van der Waals surface area contributed by atoms with E-state index in [2.05, 4.69) is 15.5 Å². The predicted octanol–water partition coefficient (Wildman–Crippen LogP) is 6.29. The Labute approximate surface area is 205 Å². The van der Waals surface area contributed by atoms with Crippen LogP contribution in [0, 0.1) is 6.92 Å². The van der Waals surface area contributed by atoms with Crippen LogP contribution in [0.3, 0.4) is 0 Å². The van der Waals surface area contributed by atoms with Crippen molar-refractivity contribution in [3.8, 4) is 22.8 Å². The number of carbonyl (C=O) groups is 1. The second kappa shape index (κ2) is 10.3. The highest BCUT2D eigenvalue weighted by Gasteiger charge is 2.18. The van der Waals surface area contributed by atoms with Crippen molar-refractivity contribution in [1.29, 1.82) is 0 Å². The van der Waals surface area contributed by atoms with E-state index in [1.807, 2.05) is 60.0 Å². The minimum Gasteiger partial charge on any atom is -0.497 e. The summed E-state index contributed by atoms with van der Waals surface area (Å²) < 4.78 is 7.21. The Balaban J connectivity index is 1.63. The molecule has 4 aromatic rings. The fraction of sp³-hybridized carbons (Fsp3) is 0.125. The zero-order valence-corrected chi connectivity index (χ0v) is 20.2. The van der Waals surface area contributed by atoms with Gasteiger partial charge in [-0.15, -0.1) is 10.2 Å². The fourth-order valence-corrected chi connectivity index (χ4v) is 4.47. The highest BCUT2D eigenvalue weighted by Crippen LogP contribution is 2.32. The number of nitrogens with zero attached hydrogens (tertiary/aromatic N) is 3. The highest BCUT2D eigenvalue weighted by atomic mass is 35.5. The molecule has 0 saturated carbocycles. The number of aryl methyl sites for hydroxylation is 1. The number of hydrogen-bond acceptors (Lipinski definition) is 5. The summed E-state index contributed by atoms with van der Waals surface area (Å²) in [6, 6.07) is 20.7. The summed E-state index contributed by atoms with van der Waals surface area (Å²) in [6.07, 6.45) is 0. The molecule has 0 aliphatic carbocycles. The first kappa shape index (κ1) is 23.2.